The van der Waals surface area contributed by atoms with Gasteiger partial charge in [0.25, 0.3) is 0 Å². The van der Waals surface area contributed by atoms with Crippen LogP contribution in [0.3, 0.4) is 0 Å². The van der Waals surface area contributed by atoms with Gasteiger partial charge in [0.2, 0.25) is 0 Å². The maximum absolute atomic E-state index is 11.9. The fraction of sp³-hybridized carbons (Fsp3) is 0.500. The van der Waals surface area contributed by atoms with Crippen molar-refractivity contribution in [3.63, 3.8) is 0 Å². The normalized spacial score (nSPS) is 12.7. The Balaban J connectivity index is 2.61. The van der Waals surface area contributed by atoms with Crippen LogP contribution in [-0.4, -0.2) is 30.0 Å². The van der Waals surface area contributed by atoms with Crippen molar-refractivity contribution in [2.24, 2.45) is 0 Å². The first kappa shape index (κ1) is 17.0. The van der Waals surface area contributed by atoms with E-state index in [4.69, 9.17) is 16.3 Å². The first-order valence-corrected chi connectivity index (χ1v) is 10.8. The molecule has 0 bridgehead atoms. The molecule has 6 heteroatoms. The summed E-state index contributed by atoms with van der Waals surface area (Å²) in [6, 6.07) is 1.94. The summed E-state index contributed by atoms with van der Waals surface area (Å²) in [5.74, 6) is -0.429. The minimum Gasteiger partial charge on any atom is -0.462 e. The van der Waals surface area contributed by atoms with Gasteiger partial charge in [-0.3, -0.25) is 0 Å². The van der Waals surface area contributed by atoms with Gasteiger partial charge in [0.15, 0.2) is 8.24 Å². The lowest BCUT2D eigenvalue weighted by Gasteiger charge is -2.38. The van der Waals surface area contributed by atoms with E-state index in [0.717, 1.165) is 11.0 Å². The summed E-state index contributed by atoms with van der Waals surface area (Å²) in [5.41, 5.74) is 1.16. The highest BCUT2D eigenvalue weighted by Gasteiger charge is 2.38. The molecule has 22 heavy (non-hydrogen) atoms. The van der Waals surface area contributed by atoms with Gasteiger partial charge in [0, 0.05) is 11.6 Å². The number of nitrogens with zero attached hydrogens (tertiary/aromatic N) is 2. The second kappa shape index (κ2) is 5.70. The summed E-state index contributed by atoms with van der Waals surface area (Å²) in [6.07, 6.45) is 3.56. The van der Waals surface area contributed by atoms with Gasteiger partial charge in [-0.05, 0) is 24.2 Å². The maximum atomic E-state index is 11.9. The number of pyridine rings is 1. The highest BCUT2D eigenvalue weighted by Crippen LogP contribution is 2.39. The van der Waals surface area contributed by atoms with Crippen molar-refractivity contribution in [3.05, 3.63) is 29.0 Å². The molecule has 0 N–H and O–H groups in total. The molecule has 2 rings (SSSR count). The van der Waals surface area contributed by atoms with E-state index in [1.54, 1.807) is 6.92 Å². The second-order valence-electron chi connectivity index (χ2n) is 6.94. The van der Waals surface area contributed by atoms with Crippen molar-refractivity contribution < 1.29 is 9.53 Å². The zero-order valence-corrected chi connectivity index (χ0v) is 15.8. The molecular formula is C16H23ClN2O2Si. The van der Waals surface area contributed by atoms with Crippen LogP contribution >= 0.6 is 11.6 Å². The van der Waals surface area contributed by atoms with Gasteiger partial charge in [-0.25, -0.2) is 9.78 Å². The zero-order chi connectivity index (χ0) is 16.7. The van der Waals surface area contributed by atoms with E-state index in [-0.39, 0.29) is 5.04 Å². The molecule has 4 nitrogen and oxygen atoms in total. The third-order valence-corrected chi connectivity index (χ3v) is 10.2. The average molecular weight is 339 g/mol. The number of hydrogen-bond donors (Lipinski definition) is 0. The van der Waals surface area contributed by atoms with Crippen LogP contribution in [-0.2, 0) is 4.74 Å². The molecule has 0 atom stereocenters. The molecule has 0 aliphatic heterocycles. The number of esters is 1. The van der Waals surface area contributed by atoms with E-state index in [1.165, 1.54) is 6.20 Å². The van der Waals surface area contributed by atoms with Crippen LogP contribution in [0.5, 0.6) is 0 Å². The molecule has 0 saturated carbocycles. The monoisotopic (exact) mass is 338 g/mol. The van der Waals surface area contributed by atoms with Crippen molar-refractivity contribution >= 4 is 36.8 Å². The van der Waals surface area contributed by atoms with Gasteiger partial charge < -0.3 is 8.97 Å². The van der Waals surface area contributed by atoms with Gasteiger partial charge in [-0.1, -0.05) is 45.5 Å². The molecule has 0 fully saturated rings. The molecule has 0 aliphatic carbocycles. The fourth-order valence-corrected chi connectivity index (χ4v) is 4.37. The molecule has 0 unspecified atom stereocenters. The largest absolute Gasteiger partial charge is 0.462 e. The van der Waals surface area contributed by atoms with Crippen molar-refractivity contribution in [2.45, 2.75) is 45.8 Å². The van der Waals surface area contributed by atoms with Crippen LogP contribution in [0.4, 0.5) is 0 Å². The second-order valence-corrected chi connectivity index (χ2v) is 12.4. The van der Waals surface area contributed by atoms with Gasteiger partial charge >= 0.3 is 5.97 Å². The van der Waals surface area contributed by atoms with Gasteiger partial charge in [-0.2, -0.15) is 0 Å². The Morgan fingerprint density at radius 2 is 2.05 bits per heavy atom. The Bertz CT molecular complexity index is 717. The van der Waals surface area contributed by atoms with E-state index in [9.17, 15) is 4.79 Å². The topological polar surface area (TPSA) is 44.1 Å². The lowest BCUT2D eigenvalue weighted by Crippen LogP contribution is -2.45. The highest BCUT2D eigenvalue weighted by atomic mass is 35.5. The summed E-state index contributed by atoms with van der Waals surface area (Å²) < 4.78 is 7.28. The smallest absolute Gasteiger partial charge is 0.341 e. The molecule has 0 amide bonds. The molecule has 0 aliphatic rings. The molecular weight excluding hydrogens is 316 g/mol. The van der Waals surface area contributed by atoms with E-state index in [0.29, 0.717) is 17.2 Å². The summed E-state index contributed by atoms with van der Waals surface area (Å²) >= 11 is 6.41. The highest BCUT2D eigenvalue weighted by molar-refractivity contribution is 6.79. The van der Waals surface area contributed by atoms with Crippen LogP contribution in [0.25, 0.3) is 11.0 Å². The summed E-state index contributed by atoms with van der Waals surface area (Å²) in [4.78, 5) is 16.4. The lowest BCUT2D eigenvalue weighted by molar-refractivity contribution is 0.0526. The van der Waals surface area contributed by atoms with E-state index in [2.05, 4.69) is 43.1 Å². The SMILES string of the molecule is CCOC(=O)c1cnc2c(ccn2[Si](C)(C)C(C)(C)C)c1Cl. The number of halogens is 1. The van der Waals surface area contributed by atoms with Crippen molar-refractivity contribution in [1.29, 1.82) is 0 Å². The molecule has 2 heterocycles. The first-order valence-electron chi connectivity index (χ1n) is 7.44. The quantitative estimate of drug-likeness (QED) is 0.600. The Labute approximate surface area is 137 Å². The number of hydrogen-bond acceptors (Lipinski definition) is 3. The summed E-state index contributed by atoms with van der Waals surface area (Å²) in [5, 5.41) is 1.39. The predicted octanol–water partition coefficient (Wildman–Crippen LogP) is 4.72. The molecule has 0 spiro atoms. The number of carbonyl (C=O) groups excluding carboxylic acids is 1. The standard InChI is InChI=1S/C16H23ClN2O2Si/c1-7-21-15(20)12-10-18-14-11(13(12)17)8-9-19(14)22(5,6)16(2,3)4/h8-10H,7H2,1-6H3. The van der Waals surface area contributed by atoms with E-state index >= 15 is 0 Å². The summed E-state index contributed by atoms with van der Waals surface area (Å²) in [7, 11) is -1.80. The van der Waals surface area contributed by atoms with Crippen LogP contribution in [0, 0.1) is 0 Å². The average Bonchev–Trinajstić information content (AvgIpc) is 2.83. The third-order valence-electron chi connectivity index (χ3n) is 4.58. The Morgan fingerprint density at radius 3 is 2.59 bits per heavy atom. The molecule has 120 valence electrons. The predicted molar refractivity (Wildman–Crippen MR) is 93.3 cm³/mol. The van der Waals surface area contributed by atoms with E-state index in [1.807, 2.05) is 12.3 Å². The fourth-order valence-electron chi connectivity index (χ4n) is 2.22. The molecule has 2 aromatic heterocycles. The van der Waals surface area contributed by atoms with Crippen molar-refractivity contribution in [3.8, 4) is 0 Å². The minimum absolute atomic E-state index is 0.174. The molecule has 2 aromatic rings. The number of carbonyl (C=O) groups is 1. The van der Waals surface area contributed by atoms with Gasteiger partial charge in [0.1, 0.15) is 5.65 Å². The number of aromatic nitrogens is 2. The van der Waals surface area contributed by atoms with Crippen molar-refractivity contribution in [2.75, 3.05) is 6.61 Å². The molecule has 0 saturated heterocycles. The van der Waals surface area contributed by atoms with Crippen LogP contribution in [0.15, 0.2) is 18.5 Å². The van der Waals surface area contributed by atoms with E-state index < -0.39 is 14.2 Å². The zero-order valence-electron chi connectivity index (χ0n) is 14.0. The van der Waals surface area contributed by atoms with Gasteiger partial charge in [0.05, 0.1) is 17.2 Å². The number of fused-ring (bicyclic) bond motifs is 1. The van der Waals surface area contributed by atoms with Gasteiger partial charge in [-0.15, -0.1) is 0 Å². The maximum Gasteiger partial charge on any atom is 0.341 e. The Morgan fingerprint density at radius 1 is 1.41 bits per heavy atom. The Kier molecular flexibility index (Phi) is 4.41. The number of rotatable bonds is 3. The molecule has 0 radical (unpaired) electrons. The molecule has 0 aromatic carbocycles. The van der Waals surface area contributed by atoms with Crippen LogP contribution in [0.2, 0.25) is 23.2 Å². The first-order chi connectivity index (χ1) is 10.1. The van der Waals surface area contributed by atoms with Crippen molar-refractivity contribution in [1.82, 2.24) is 9.22 Å². The summed E-state index contributed by atoms with van der Waals surface area (Å²) in [6.45, 7) is 13.4. The Hall–Kier alpha value is -1.33. The van der Waals surface area contributed by atoms with Crippen LogP contribution < -0.4 is 0 Å². The number of ether oxygens (including phenoxy) is 1. The third kappa shape index (κ3) is 2.68. The lowest BCUT2D eigenvalue weighted by atomic mass is 10.2. The van der Waals surface area contributed by atoms with Crippen LogP contribution in [0.1, 0.15) is 38.1 Å². The minimum atomic E-state index is -1.80.